The highest BCUT2D eigenvalue weighted by molar-refractivity contribution is 5.90. The maximum atomic E-state index is 11.5. The fourth-order valence-corrected chi connectivity index (χ4v) is 1.85. The van der Waals surface area contributed by atoms with Gasteiger partial charge in [0.1, 0.15) is 22.8 Å². The number of phenolic OH excluding ortho intramolecular Hbond substituents is 1. The van der Waals surface area contributed by atoms with Crippen molar-refractivity contribution in [1.82, 2.24) is 0 Å². The van der Waals surface area contributed by atoms with E-state index in [4.69, 9.17) is 4.42 Å². The summed E-state index contributed by atoms with van der Waals surface area (Å²) in [6.07, 6.45) is 0. The minimum atomic E-state index is -0.412. The Bertz CT molecular complexity index is 631. The van der Waals surface area contributed by atoms with E-state index in [0.29, 0.717) is 23.6 Å². The molecule has 0 unspecified atom stereocenters. The van der Waals surface area contributed by atoms with Crippen molar-refractivity contribution >= 4 is 11.7 Å². The number of hydrogen-bond donors (Lipinski definition) is 2. The van der Waals surface area contributed by atoms with Crippen molar-refractivity contribution in [3.63, 3.8) is 0 Å². The van der Waals surface area contributed by atoms with Crippen LogP contribution in [0.3, 0.4) is 0 Å². The molecule has 1 aromatic heterocycles. The van der Waals surface area contributed by atoms with Crippen molar-refractivity contribution in [2.75, 3.05) is 12.4 Å². The zero-order valence-corrected chi connectivity index (χ0v) is 11.7. The largest absolute Gasteiger partial charge is 0.508 e. The number of methoxy groups -OCH3 is 1. The maximum Gasteiger partial charge on any atom is 0.341 e. The van der Waals surface area contributed by atoms with Gasteiger partial charge in [0, 0.05) is 11.8 Å². The minimum Gasteiger partial charge on any atom is -0.508 e. The van der Waals surface area contributed by atoms with E-state index < -0.39 is 5.97 Å². The van der Waals surface area contributed by atoms with E-state index >= 15 is 0 Å². The first kappa shape index (κ1) is 14.0. The highest BCUT2D eigenvalue weighted by Crippen LogP contribution is 2.22. The molecule has 0 aliphatic heterocycles. The van der Waals surface area contributed by atoms with Crippen molar-refractivity contribution in [3.8, 4) is 5.75 Å². The van der Waals surface area contributed by atoms with Crippen LogP contribution in [0.5, 0.6) is 5.75 Å². The first-order valence-electron chi connectivity index (χ1n) is 6.22. The summed E-state index contributed by atoms with van der Waals surface area (Å²) in [5.41, 5.74) is 2.02. The van der Waals surface area contributed by atoms with Gasteiger partial charge in [0.25, 0.3) is 0 Å². The fourth-order valence-electron chi connectivity index (χ4n) is 1.85. The van der Waals surface area contributed by atoms with Crippen molar-refractivity contribution in [2.45, 2.75) is 20.4 Å². The highest BCUT2D eigenvalue weighted by atomic mass is 16.5. The lowest BCUT2D eigenvalue weighted by Gasteiger charge is -2.06. The van der Waals surface area contributed by atoms with E-state index in [1.165, 1.54) is 7.11 Å². The Balaban J connectivity index is 2.07. The van der Waals surface area contributed by atoms with Crippen molar-refractivity contribution in [3.05, 3.63) is 46.9 Å². The Labute approximate surface area is 117 Å². The van der Waals surface area contributed by atoms with Gasteiger partial charge in [-0.25, -0.2) is 4.79 Å². The van der Waals surface area contributed by atoms with Gasteiger partial charge < -0.3 is 19.6 Å². The molecule has 0 aliphatic rings. The Morgan fingerprint density at radius 2 is 2.10 bits per heavy atom. The number of aromatic hydroxyl groups is 1. The average Bonchev–Trinajstić information content (AvgIpc) is 2.80. The second-order valence-corrected chi connectivity index (χ2v) is 4.53. The molecule has 1 aromatic carbocycles. The summed E-state index contributed by atoms with van der Waals surface area (Å²) >= 11 is 0. The highest BCUT2D eigenvalue weighted by Gasteiger charge is 2.15. The predicted molar refractivity (Wildman–Crippen MR) is 75.0 cm³/mol. The van der Waals surface area contributed by atoms with Gasteiger partial charge >= 0.3 is 5.97 Å². The molecule has 2 aromatic rings. The Morgan fingerprint density at radius 3 is 2.75 bits per heavy atom. The van der Waals surface area contributed by atoms with Crippen LogP contribution in [0.4, 0.5) is 5.69 Å². The number of furan rings is 1. The monoisotopic (exact) mass is 275 g/mol. The fraction of sp³-hybridized carbons (Fsp3) is 0.267. The predicted octanol–water partition coefficient (Wildman–Crippen LogP) is 3.00. The molecule has 2 rings (SSSR count). The quantitative estimate of drug-likeness (QED) is 0.839. The van der Waals surface area contributed by atoms with Crippen molar-refractivity contribution in [1.29, 1.82) is 0 Å². The van der Waals surface area contributed by atoms with Gasteiger partial charge in [-0.2, -0.15) is 0 Å². The number of hydrogen-bond acceptors (Lipinski definition) is 5. The second kappa shape index (κ2) is 5.69. The van der Waals surface area contributed by atoms with Gasteiger partial charge in [0.2, 0.25) is 0 Å². The molecule has 5 heteroatoms. The number of nitrogens with one attached hydrogen (secondary N) is 1. The number of rotatable bonds is 4. The maximum absolute atomic E-state index is 11.5. The standard InChI is InChI=1S/C15H17NO4/c1-9-4-5-11(6-14(9)17)16-8-12-7-13(10(2)20-12)15(18)19-3/h4-7,16-17H,8H2,1-3H3. The molecule has 0 atom stereocenters. The summed E-state index contributed by atoms with van der Waals surface area (Å²) in [5, 5.41) is 12.7. The number of phenols is 1. The Morgan fingerprint density at radius 1 is 1.35 bits per heavy atom. The number of aryl methyl sites for hydroxylation is 2. The smallest absolute Gasteiger partial charge is 0.341 e. The van der Waals surface area contributed by atoms with E-state index in [2.05, 4.69) is 10.1 Å². The average molecular weight is 275 g/mol. The summed E-state index contributed by atoms with van der Waals surface area (Å²) in [5.74, 6) is 0.981. The van der Waals surface area contributed by atoms with E-state index in [1.54, 1.807) is 19.1 Å². The number of carbonyl (C=O) groups excluding carboxylic acids is 1. The van der Waals surface area contributed by atoms with Gasteiger partial charge in [-0.3, -0.25) is 0 Å². The molecule has 1 heterocycles. The molecule has 0 saturated heterocycles. The Hall–Kier alpha value is -2.43. The van der Waals surface area contributed by atoms with Gasteiger partial charge in [0.15, 0.2) is 0 Å². The lowest BCUT2D eigenvalue weighted by atomic mass is 10.2. The summed E-state index contributed by atoms with van der Waals surface area (Å²) in [7, 11) is 1.34. The van der Waals surface area contributed by atoms with Crippen LogP contribution in [-0.2, 0) is 11.3 Å². The SMILES string of the molecule is COC(=O)c1cc(CNc2ccc(C)c(O)c2)oc1C. The number of carbonyl (C=O) groups is 1. The number of anilines is 1. The summed E-state index contributed by atoms with van der Waals surface area (Å²) in [4.78, 5) is 11.5. The number of esters is 1. The Kier molecular flexibility index (Phi) is 3.98. The summed E-state index contributed by atoms with van der Waals surface area (Å²) in [6, 6.07) is 6.99. The van der Waals surface area contributed by atoms with E-state index in [-0.39, 0.29) is 5.75 Å². The lowest BCUT2D eigenvalue weighted by molar-refractivity contribution is 0.0599. The third kappa shape index (κ3) is 2.93. The van der Waals surface area contributed by atoms with Gasteiger partial charge in [-0.15, -0.1) is 0 Å². The van der Waals surface area contributed by atoms with Crippen LogP contribution < -0.4 is 5.32 Å². The molecule has 0 fully saturated rings. The molecular formula is C15H17NO4. The number of ether oxygens (including phenoxy) is 1. The third-order valence-corrected chi connectivity index (χ3v) is 3.05. The van der Waals surface area contributed by atoms with Crippen LogP contribution in [0, 0.1) is 13.8 Å². The topological polar surface area (TPSA) is 71.7 Å². The van der Waals surface area contributed by atoms with Crippen LogP contribution in [0.1, 0.15) is 27.4 Å². The molecule has 0 aliphatic carbocycles. The summed E-state index contributed by atoms with van der Waals surface area (Å²) in [6.45, 7) is 3.96. The lowest BCUT2D eigenvalue weighted by Crippen LogP contribution is -2.01. The molecule has 0 bridgehead atoms. The summed E-state index contributed by atoms with van der Waals surface area (Å²) < 4.78 is 10.2. The molecule has 106 valence electrons. The van der Waals surface area contributed by atoms with Crippen LogP contribution in [-0.4, -0.2) is 18.2 Å². The van der Waals surface area contributed by atoms with Crippen molar-refractivity contribution < 1.29 is 19.1 Å². The molecule has 0 radical (unpaired) electrons. The molecule has 0 saturated carbocycles. The van der Waals surface area contributed by atoms with Crippen molar-refractivity contribution in [2.24, 2.45) is 0 Å². The zero-order chi connectivity index (χ0) is 14.7. The van der Waals surface area contributed by atoms with Crippen LogP contribution in [0.15, 0.2) is 28.7 Å². The van der Waals surface area contributed by atoms with Gasteiger partial charge in [0.05, 0.1) is 13.7 Å². The van der Waals surface area contributed by atoms with E-state index in [0.717, 1.165) is 11.3 Å². The normalized spacial score (nSPS) is 10.3. The molecule has 20 heavy (non-hydrogen) atoms. The van der Waals surface area contributed by atoms with Gasteiger partial charge in [-0.05, 0) is 31.5 Å². The first-order valence-corrected chi connectivity index (χ1v) is 6.22. The van der Waals surface area contributed by atoms with E-state index in [1.807, 2.05) is 19.1 Å². The molecule has 2 N–H and O–H groups in total. The zero-order valence-electron chi connectivity index (χ0n) is 11.7. The molecule has 0 amide bonds. The first-order chi connectivity index (χ1) is 9.51. The molecule has 5 nitrogen and oxygen atoms in total. The van der Waals surface area contributed by atoms with Crippen LogP contribution in [0.25, 0.3) is 0 Å². The molecular weight excluding hydrogens is 258 g/mol. The van der Waals surface area contributed by atoms with E-state index in [9.17, 15) is 9.90 Å². The molecule has 0 spiro atoms. The van der Waals surface area contributed by atoms with Crippen LogP contribution in [0.2, 0.25) is 0 Å². The minimum absolute atomic E-state index is 0.237. The number of benzene rings is 1. The second-order valence-electron chi connectivity index (χ2n) is 4.53. The van der Waals surface area contributed by atoms with Gasteiger partial charge in [-0.1, -0.05) is 6.07 Å². The third-order valence-electron chi connectivity index (χ3n) is 3.05. The van der Waals surface area contributed by atoms with Crippen LogP contribution >= 0.6 is 0 Å².